The van der Waals surface area contributed by atoms with Gasteiger partial charge in [-0.2, -0.15) is 5.10 Å². The van der Waals surface area contributed by atoms with E-state index >= 15 is 0 Å². The van der Waals surface area contributed by atoms with Gasteiger partial charge in [0.15, 0.2) is 0 Å². The van der Waals surface area contributed by atoms with Gasteiger partial charge in [-0.25, -0.2) is 13.5 Å². The molecule has 134 valence electrons. The van der Waals surface area contributed by atoms with Crippen LogP contribution in [0.25, 0.3) is 16.6 Å². The van der Waals surface area contributed by atoms with Gasteiger partial charge in [-0.15, -0.1) is 0 Å². The highest BCUT2D eigenvalue weighted by Gasteiger charge is 2.42. The zero-order valence-electron chi connectivity index (χ0n) is 14.0. The quantitative estimate of drug-likeness (QED) is 0.758. The summed E-state index contributed by atoms with van der Waals surface area (Å²) in [6.07, 6.45) is 1.63. The molecule has 2 aromatic carbocycles. The molecule has 1 fully saturated rings. The van der Waals surface area contributed by atoms with Crippen LogP contribution >= 0.6 is 0 Å². The minimum Gasteiger partial charge on any atom is -0.366 e. The molecule has 1 amide bonds. The summed E-state index contributed by atoms with van der Waals surface area (Å²) in [5.74, 6) is -4.07. The Bertz CT molecular complexity index is 965. The molecule has 26 heavy (non-hydrogen) atoms. The number of carbonyl (C=O) groups excluding carboxylic acids is 1. The first-order chi connectivity index (χ1) is 12.5. The highest BCUT2D eigenvalue weighted by atomic mass is 19.3. The first-order valence-electron chi connectivity index (χ1n) is 8.43. The van der Waals surface area contributed by atoms with Crippen LogP contribution in [-0.2, 0) is 0 Å². The fourth-order valence-electron chi connectivity index (χ4n) is 3.42. The van der Waals surface area contributed by atoms with Crippen LogP contribution in [0.4, 0.5) is 8.78 Å². The summed E-state index contributed by atoms with van der Waals surface area (Å²) < 4.78 is 29.9. The second-order valence-corrected chi connectivity index (χ2v) is 6.54. The van der Waals surface area contributed by atoms with Crippen molar-refractivity contribution >= 4 is 16.8 Å². The molecule has 2 heterocycles. The molecule has 0 radical (unpaired) electrons. The average Bonchev–Trinajstić information content (AvgIpc) is 3.05. The first kappa shape index (κ1) is 16.7. The number of fused-ring (bicyclic) bond motifs is 1. The van der Waals surface area contributed by atoms with E-state index in [0.29, 0.717) is 23.2 Å². The molecule has 0 saturated carbocycles. The van der Waals surface area contributed by atoms with E-state index in [1.807, 2.05) is 6.07 Å². The Morgan fingerprint density at radius 1 is 1.23 bits per heavy atom. The van der Waals surface area contributed by atoms with Crippen LogP contribution in [0.1, 0.15) is 28.3 Å². The molecule has 0 aliphatic carbocycles. The third kappa shape index (κ3) is 2.84. The summed E-state index contributed by atoms with van der Waals surface area (Å²) in [5.41, 5.74) is 7.59. The maximum absolute atomic E-state index is 14.1. The molecule has 1 aliphatic heterocycles. The molecule has 1 atom stereocenters. The van der Waals surface area contributed by atoms with Gasteiger partial charge in [0, 0.05) is 31.1 Å². The number of amides is 1. The number of hydrogen-bond donors (Lipinski definition) is 2. The number of rotatable bonds is 3. The van der Waals surface area contributed by atoms with Crippen molar-refractivity contribution in [3.05, 3.63) is 59.8 Å². The van der Waals surface area contributed by atoms with Gasteiger partial charge in [-0.05, 0) is 23.8 Å². The van der Waals surface area contributed by atoms with E-state index < -0.39 is 17.7 Å². The van der Waals surface area contributed by atoms with Crippen molar-refractivity contribution < 1.29 is 13.6 Å². The Kier molecular flexibility index (Phi) is 3.96. The second kappa shape index (κ2) is 6.17. The summed E-state index contributed by atoms with van der Waals surface area (Å²) in [5, 5.41) is 8.24. The molecule has 7 heteroatoms. The van der Waals surface area contributed by atoms with Crippen LogP contribution in [0.15, 0.2) is 48.7 Å². The second-order valence-electron chi connectivity index (χ2n) is 6.54. The summed E-state index contributed by atoms with van der Waals surface area (Å²) in [7, 11) is 0. The number of halogens is 2. The lowest BCUT2D eigenvalue weighted by molar-refractivity contribution is -0.0479. The Hall–Kier alpha value is -2.80. The number of nitrogens with one attached hydrogen (secondary N) is 1. The number of carbonyl (C=O) groups is 1. The number of primary amides is 1. The lowest BCUT2D eigenvalue weighted by Crippen LogP contribution is -2.42. The maximum Gasteiger partial charge on any atom is 0.257 e. The van der Waals surface area contributed by atoms with Crippen molar-refractivity contribution in [1.29, 1.82) is 0 Å². The Morgan fingerprint density at radius 3 is 2.69 bits per heavy atom. The standard InChI is InChI=1S/C19H18F2N4O/c20-19(21)8-9-23-10-16(19)12-4-6-14(7-5-12)25-11-13-2-1-3-15(18(22)26)17(13)24-25/h1-7,11,16,23H,8-10H2,(H2,22,26)/t16-/m0/s1. The number of benzene rings is 2. The van der Waals surface area contributed by atoms with Crippen molar-refractivity contribution in [2.24, 2.45) is 5.73 Å². The van der Waals surface area contributed by atoms with Crippen molar-refractivity contribution in [3.8, 4) is 5.69 Å². The number of nitrogens with zero attached hydrogens (tertiary/aromatic N) is 2. The van der Waals surface area contributed by atoms with Crippen LogP contribution < -0.4 is 11.1 Å². The lowest BCUT2D eigenvalue weighted by Gasteiger charge is -2.32. The van der Waals surface area contributed by atoms with Gasteiger partial charge in [0.25, 0.3) is 11.8 Å². The molecular weight excluding hydrogens is 338 g/mol. The zero-order valence-corrected chi connectivity index (χ0v) is 14.0. The van der Waals surface area contributed by atoms with Gasteiger partial charge in [0.2, 0.25) is 0 Å². The highest BCUT2D eigenvalue weighted by molar-refractivity contribution is 6.04. The molecule has 3 aromatic rings. The molecule has 0 spiro atoms. The smallest absolute Gasteiger partial charge is 0.257 e. The van der Waals surface area contributed by atoms with Crippen molar-refractivity contribution in [1.82, 2.24) is 15.1 Å². The molecule has 1 aromatic heterocycles. The van der Waals surface area contributed by atoms with E-state index in [1.165, 1.54) is 0 Å². The summed E-state index contributed by atoms with van der Waals surface area (Å²) in [6.45, 7) is 0.601. The number of piperidine rings is 1. The molecule has 0 bridgehead atoms. The molecule has 1 aliphatic rings. The predicted octanol–water partition coefficient (Wildman–Crippen LogP) is 2.84. The summed E-state index contributed by atoms with van der Waals surface area (Å²) in [4.78, 5) is 11.5. The fraction of sp³-hybridized carbons (Fsp3) is 0.263. The number of nitrogens with two attached hydrogens (primary N) is 1. The van der Waals surface area contributed by atoms with Crippen LogP contribution in [0, 0.1) is 0 Å². The maximum atomic E-state index is 14.1. The average molecular weight is 356 g/mol. The lowest BCUT2D eigenvalue weighted by atomic mass is 9.88. The highest BCUT2D eigenvalue weighted by Crippen LogP contribution is 2.38. The monoisotopic (exact) mass is 356 g/mol. The van der Waals surface area contributed by atoms with Crippen LogP contribution in [-0.4, -0.2) is 34.7 Å². The molecule has 3 N–H and O–H groups in total. The predicted molar refractivity (Wildman–Crippen MR) is 94.8 cm³/mol. The van der Waals surface area contributed by atoms with Crippen LogP contribution in [0.5, 0.6) is 0 Å². The normalized spacial score (nSPS) is 19.5. The molecule has 4 rings (SSSR count). The van der Waals surface area contributed by atoms with Crippen LogP contribution in [0.2, 0.25) is 0 Å². The van der Waals surface area contributed by atoms with Crippen molar-refractivity contribution in [3.63, 3.8) is 0 Å². The van der Waals surface area contributed by atoms with Gasteiger partial charge in [0.1, 0.15) is 5.52 Å². The van der Waals surface area contributed by atoms with E-state index in [-0.39, 0.29) is 13.0 Å². The zero-order chi connectivity index (χ0) is 18.3. The van der Waals surface area contributed by atoms with Gasteiger partial charge < -0.3 is 11.1 Å². The van der Waals surface area contributed by atoms with E-state index in [0.717, 1.165) is 11.1 Å². The summed E-state index contributed by atoms with van der Waals surface area (Å²) >= 11 is 0. The molecule has 5 nitrogen and oxygen atoms in total. The number of alkyl halides is 2. The van der Waals surface area contributed by atoms with E-state index in [4.69, 9.17) is 5.73 Å². The third-order valence-corrected chi connectivity index (χ3v) is 4.86. The molecule has 0 unspecified atom stereocenters. The SMILES string of the molecule is NC(=O)c1cccc2cn(-c3ccc([C@@H]4CNCCC4(F)F)cc3)nc12. The number of hydrogen-bond acceptors (Lipinski definition) is 3. The Balaban J connectivity index is 1.68. The van der Waals surface area contributed by atoms with Gasteiger partial charge in [0.05, 0.1) is 17.2 Å². The third-order valence-electron chi connectivity index (χ3n) is 4.86. The minimum absolute atomic E-state index is 0.153. The van der Waals surface area contributed by atoms with E-state index in [9.17, 15) is 13.6 Å². The van der Waals surface area contributed by atoms with Crippen molar-refractivity contribution in [2.45, 2.75) is 18.3 Å². The fourth-order valence-corrected chi connectivity index (χ4v) is 3.42. The Labute approximate surface area is 148 Å². The van der Waals surface area contributed by atoms with Gasteiger partial charge in [-0.1, -0.05) is 24.3 Å². The molecular formula is C19H18F2N4O. The summed E-state index contributed by atoms with van der Waals surface area (Å²) in [6, 6.07) is 12.2. The largest absolute Gasteiger partial charge is 0.366 e. The van der Waals surface area contributed by atoms with Gasteiger partial charge in [-0.3, -0.25) is 4.79 Å². The Morgan fingerprint density at radius 2 is 2.00 bits per heavy atom. The van der Waals surface area contributed by atoms with Gasteiger partial charge >= 0.3 is 0 Å². The number of aromatic nitrogens is 2. The molecule has 1 saturated heterocycles. The topological polar surface area (TPSA) is 72.9 Å². The first-order valence-corrected chi connectivity index (χ1v) is 8.43. The van der Waals surface area contributed by atoms with Crippen LogP contribution in [0.3, 0.4) is 0 Å². The van der Waals surface area contributed by atoms with Crippen molar-refractivity contribution in [2.75, 3.05) is 13.1 Å². The van der Waals surface area contributed by atoms with E-state index in [1.54, 1.807) is 47.3 Å². The minimum atomic E-state index is -2.70. The van der Waals surface area contributed by atoms with E-state index in [2.05, 4.69) is 10.4 Å².